The summed E-state index contributed by atoms with van der Waals surface area (Å²) in [4.78, 5) is 19.9. The van der Waals surface area contributed by atoms with Gasteiger partial charge in [-0.1, -0.05) is 24.0 Å². The fraction of sp³-hybridized carbons (Fsp3) is 0.286. The Morgan fingerprint density at radius 1 is 1.17 bits per heavy atom. The van der Waals surface area contributed by atoms with Crippen LogP contribution in [0, 0.1) is 41.7 Å². The van der Waals surface area contributed by atoms with Crippen molar-refractivity contribution in [1.82, 2.24) is 15.2 Å². The van der Waals surface area contributed by atoms with Gasteiger partial charge in [0.25, 0.3) is 5.91 Å². The molecule has 1 aromatic heterocycles. The largest absolute Gasteiger partial charge is 0.508 e. The summed E-state index contributed by atoms with van der Waals surface area (Å²) in [5.41, 5.74) is 2.19. The minimum atomic E-state index is -0.921. The van der Waals surface area contributed by atoms with E-state index in [1.807, 2.05) is 6.07 Å². The summed E-state index contributed by atoms with van der Waals surface area (Å²) < 4.78 is 27.5. The van der Waals surface area contributed by atoms with Gasteiger partial charge in [-0.25, -0.2) is 13.8 Å². The molecular formula is C28H25F2N3O2. The Morgan fingerprint density at radius 2 is 1.91 bits per heavy atom. The zero-order chi connectivity index (χ0) is 24.7. The molecule has 7 heteroatoms. The number of hydrogen-bond donors (Lipinski definition) is 2. The minimum absolute atomic E-state index is 0.0525. The second-order valence-corrected chi connectivity index (χ2v) is 9.55. The van der Waals surface area contributed by atoms with Crippen molar-refractivity contribution in [3.8, 4) is 17.6 Å². The normalized spacial score (nSPS) is 21.5. The number of aromatic nitrogens is 1. The molecule has 1 saturated carbocycles. The molecular weight excluding hydrogens is 448 g/mol. The van der Waals surface area contributed by atoms with Gasteiger partial charge in [-0.3, -0.25) is 4.79 Å². The average molecular weight is 474 g/mol. The number of piperidine rings is 1. The van der Waals surface area contributed by atoms with Gasteiger partial charge in [-0.05, 0) is 74.3 Å². The quantitative estimate of drug-likeness (QED) is 0.558. The van der Waals surface area contributed by atoms with Crippen molar-refractivity contribution >= 4 is 5.91 Å². The maximum Gasteiger partial charge on any atom is 0.270 e. The van der Waals surface area contributed by atoms with E-state index < -0.39 is 23.6 Å². The number of nitrogens with zero attached hydrogens (tertiary/aromatic N) is 2. The van der Waals surface area contributed by atoms with Crippen LogP contribution in [-0.2, 0) is 0 Å². The SMILES string of the molecule is Cc1cc(C#C[C@]23C[C@H]2CN(C)C3)cc(C(=O)NC(c2ccc(F)cc2)c2cc(F)ccc2O)n1. The van der Waals surface area contributed by atoms with E-state index in [1.165, 1.54) is 30.3 Å². The van der Waals surface area contributed by atoms with Crippen LogP contribution >= 0.6 is 0 Å². The molecule has 35 heavy (non-hydrogen) atoms. The number of aryl methyl sites for hydroxylation is 1. The van der Waals surface area contributed by atoms with E-state index in [-0.39, 0.29) is 22.4 Å². The zero-order valence-corrected chi connectivity index (χ0v) is 19.5. The van der Waals surface area contributed by atoms with Gasteiger partial charge < -0.3 is 15.3 Å². The Balaban J connectivity index is 1.44. The molecule has 0 bridgehead atoms. The number of carbonyl (C=O) groups excluding carboxylic acids is 1. The van der Waals surface area contributed by atoms with Crippen molar-refractivity contribution in [3.05, 3.63) is 94.3 Å². The molecule has 178 valence electrons. The molecule has 3 atom stereocenters. The molecule has 1 aliphatic carbocycles. The first kappa shape index (κ1) is 23.0. The van der Waals surface area contributed by atoms with Crippen LogP contribution in [-0.4, -0.2) is 41.0 Å². The Bertz CT molecular complexity index is 1360. The minimum Gasteiger partial charge on any atom is -0.508 e. The van der Waals surface area contributed by atoms with Crippen LogP contribution in [0.15, 0.2) is 54.6 Å². The van der Waals surface area contributed by atoms with Gasteiger partial charge in [-0.15, -0.1) is 0 Å². The number of carbonyl (C=O) groups is 1. The number of nitrogens with one attached hydrogen (secondary N) is 1. The maximum atomic E-state index is 14.0. The fourth-order valence-electron chi connectivity index (χ4n) is 4.94. The monoisotopic (exact) mass is 473 g/mol. The lowest BCUT2D eigenvalue weighted by Gasteiger charge is -2.21. The number of aromatic hydroxyl groups is 1. The lowest BCUT2D eigenvalue weighted by atomic mass is 9.97. The highest BCUT2D eigenvalue weighted by Gasteiger charge is 2.58. The van der Waals surface area contributed by atoms with Crippen molar-refractivity contribution in [2.24, 2.45) is 11.3 Å². The summed E-state index contributed by atoms with van der Waals surface area (Å²) in [6.45, 7) is 3.81. The van der Waals surface area contributed by atoms with Crippen molar-refractivity contribution in [3.63, 3.8) is 0 Å². The molecule has 1 amide bonds. The second kappa shape index (κ2) is 8.79. The summed E-state index contributed by atoms with van der Waals surface area (Å²) in [5, 5.41) is 13.2. The molecule has 2 aromatic carbocycles. The van der Waals surface area contributed by atoms with E-state index in [9.17, 15) is 18.7 Å². The molecule has 0 spiro atoms. The fourth-order valence-corrected chi connectivity index (χ4v) is 4.94. The smallest absolute Gasteiger partial charge is 0.270 e. The van der Waals surface area contributed by atoms with Crippen molar-refractivity contribution in [1.29, 1.82) is 0 Å². The highest BCUT2D eigenvalue weighted by Crippen LogP contribution is 2.56. The molecule has 3 aromatic rings. The summed E-state index contributed by atoms with van der Waals surface area (Å²) in [6.07, 6.45) is 1.11. The lowest BCUT2D eigenvalue weighted by molar-refractivity contribution is 0.0937. The first-order chi connectivity index (χ1) is 16.7. The summed E-state index contributed by atoms with van der Waals surface area (Å²) in [6, 6.07) is 11.5. The third kappa shape index (κ3) is 4.75. The van der Waals surface area contributed by atoms with Gasteiger partial charge in [0.15, 0.2) is 0 Å². The Hall–Kier alpha value is -3.76. The maximum absolute atomic E-state index is 14.0. The van der Waals surface area contributed by atoms with Crippen LogP contribution < -0.4 is 5.32 Å². The highest BCUT2D eigenvalue weighted by molar-refractivity contribution is 5.93. The van der Waals surface area contributed by atoms with Crippen LogP contribution in [0.5, 0.6) is 5.75 Å². The van der Waals surface area contributed by atoms with Gasteiger partial charge in [-0.2, -0.15) is 0 Å². The van der Waals surface area contributed by atoms with Crippen LogP contribution in [0.4, 0.5) is 8.78 Å². The van der Waals surface area contributed by atoms with Gasteiger partial charge in [0.2, 0.25) is 0 Å². The van der Waals surface area contributed by atoms with Gasteiger partial charge in [0, 0.05) is 35.3 Å². The summed E-state index contributed by atoms with van der Waals surface area (Å²) in [7, 11) is 2.10. The number of phenolic OH excluding ortho intramolecular Hbond substituents is 1. The highest BCUT2D eigenvalue weighted by atomic mass is 19.1. The zero-order valence-electron chi connectivity index (χ0n) is 19.5. The van der Waals surface area contributed by atoms with Crippen molar-refractivity contribution in [2.75, 3.05) is 20.1 Å². The molecule has 5 rings (SSSR count). The van der Waals surface area contributed by atoms with E-state index in [2.05, 4.69) is 34.1 Å². The average Bonchev–Trinajstić information content (AvgIpc) is 3.38. The van der Waals surface area contributed by atoms with Crippen LogP contribution in [0.1, 0.15) is 45.3 Å². The number of rotatable bonds is 4. The molecule has 2 aliphatic rings. The number of benzene rings is 2. The molecule has 2 N–H and O–H groups in total. The number of hydrogen-bond acceptors (Lipinski definition) is 4. The lowest BCUT2D eigenvalue weighted by Crippen LogP contribution is -2.30. The Labute approximate surface area is 202 Å². The predicted octanol–water partition coefficient (Wildman–Crippen LogP) is 4.20. The van der Waals surface area contributed by atoms with Crippen molar-refractivity contribution in [2.45, 2.75) is 19.4 Å². The van der Waals surface area contributed by atoms with Crippen LogP contribution in [0.25, 0.3) is 0 Å². The predicted molar refractivity (Wildman–Crippen MR) is 128 cm³/mol. The van der Waals surface area contributed by atoms with Crippen molar-refractivity contribution < 1.29 is 18.7 Å². The number of fused-ring (bicyclic) bond motifs is 1. The number of likely N-dealkylation sites (tertiary alicyclic amines) is 1. The summed E-state index contributed by atoms with van der Waals surface area (Å²) in [5.74, 6) is 5.55. The van der Waals surface area contributed by atoms with E-state index in [4.69, 9.17) is 0 Å². The van der Waals surface area contributed by atoms with E-state index in [0.29, 0.717) is 22.7 Å². The Morgan fingerprint density at radius 3 is 2.63 bits per heavy atom. The molecule has 0 radical (unpaired) electrons. The number of pyridine rings is 1. The van der Waals surface area contributed by atoms with E-state index in [1.54, 1.807) is 13.0 Å². The van der Waals surface area contributed by atoms with Gasteiger partial charge in [0.1, 0.15) is 23.1 Å². The number of phenols is 1. The third-order valence-electron chi connectivity index (χ3n) is 6.74. The number of amides is 1. The van der Waals surface area contributed by atoms with Crippen LogP contribution in [0.3, 0.4) is 0 Å². The number of halogens is 2. The molecule has 2 heterocycles. The first-order valence-electron chi connectivity index (χ1n) is 11.5. The first-order valence-corrected chi connectivity index (χ1v) is 11.5. The second-order valence-electron chi connectivity index (χ2n) is 9.55. The topological polar surface area (TPSA) is 65.5 Å². The van der Waals surface area contributed by atoms with Crippen LogP contribution in [0.2, 0.25) is 0 Å². The molecule has 5 nitrogen and oxygen atoms in total. The molecule has 1 unspecified atom stereocenters. The molecule has 1 saturated heterocycles. The van der Waals surface area contributed by atoms with E-state index >= 15 is 0 Å². The molecule has 2 fully saturated rings. The standard InChI is InChI=1S/C28H25F2N3O2/c1-17-11-18(9-10-28-14-20(28)15-33(2)16-28)12-24(31-17)27(35)32-26(19-3-5-21(29)6-4-19)23-13-22(30)7-8-25(23)34/h3-8,11-13,20,26,34H,14-16H2,1-2H3,(H,32,35)/t20-,26?,28+/m0/s1. The molecule has 1 aliphatic heterocycles. The third-order valence-corrected chi connectivity index (χ3v) is 6.74. The van der Waals surface area contributed by atoms with E-state index in [0.717, 1.165) is 31.6 Å². The Kier molecular flexibility index (Phi) is 5.78. The van der Waals surface area contributed by atoms with Gasteiger partial charge in [0.05, 0.1) is 6.04 Å². The van der Waals surface area contributed by atoms with Gasteiger partial charge >= 0.3 is 0 Å². The summed E-state index contributed by atoms with van der Waals surface area (Å²) >= 11 is 0.